The summed E-state index contributed by atoms with van der Waals surface area (Å²) in [6.07, 6.45) is 0. The van der Waals surface area contributed by atoms with E-state index >= 15 is 0 Å². The molecule has 0 saturated heterocycles. The maximum atomic E-state index is 13.4. The summed E-state index contributed by atoms with van der Waals surface area (Å²) in [5.41, 5.74) is 3.19. The molecule has 2 aromatic rings. The zero-order chi connectivity index (χ0) is 17.0. The van der Waals surface area contributed by atoms with Crippen LogP contribution in [0.1, 0.15) is 27.0 Å². The summed E-state index contributed by atoms with van der Waals surface area (Å²) in [6.45, 7) is 5.01. The van der Waals surface area contributed by atoms with E-state index in [0.29, 0.717) is 11.3 Å². The van der Waals surface area contributed by atoms with Crippen molar-refractivity contribution in [1.29, 1.82) is 0 Å². The van der Waals surface area contributed by atoms with Crippen LogP contribution >= 0.6 is 0 Å². The van der Waals surface area contributed by atoms with Gasteiger partial charge in [0.2, 0.25) is 0 Å². The Labute approximate surface area is 134 Å². The van der Waals surface area contributed by atoms with Gasteiger partial charge >= 0.3 is 5.97 Å². The lowest BCUT2D eigenvalue weighted by molar-refractivity contribution is -0.119. The molecule has 2 rings (SSSR count). The molecule has 0 aliphatic heterocycles. The maximum absolute atomic E-state index is 13.4. The average Bonchev–Trinajstić information content (AvgIpc) is 2.50. The van der Waals surface area contributed by atoms with E-state index in [-0.39, 0.29) is 5.56 Å². The van der Waals surface area contributed by atoms with Crippen molar-refractivity contribution in [2.75, 3.05) is 11.9 Å². The Kier molecular flexibility index (Phi) is 5.11. The maximum Gasteiger partial charge on any atom is 0.338 e. The Bertz CT molecular complexity index is 756. The molecular formula is C18H18FNO3. The normalized spacial score (nSPS) is 10.3. The van der Waals surface area contributed by atoms with Gasteiger partial charge in [-0.05, 0) is 50.1 Å². The van der Waals surface area contributed by atoms with Crippen LogP contribution in [-0.2, 0) is 9.53 Å². The van der Waals surface area contributed by atoms with Crippen molar-refractivity contribution in [1.82, 2.24) is 0 Å². The minimum Gasteiger partial charge on any atom is -0.452 e. The van der Waals surface area contributed by atoms with Crippen LogP contribution in [0, 0.1) is 26.6 Å². The minimum absolute atomic E-state index is 0.0763. The van der Waals surface area contributed by atoms with E-state index in [1.54, 1.807) is 13.0 Å². The number of carbonyl (C=O) groups excluding carboxylic acids is 2. The average molecular weight is 315 g/mol. The molecule has 0 aliphatic rings. The molecule has 0 unspecified atom stereocenters. The summed E-state index contributed by atoms with van der Waals surface area (Å²) in [5, 5.41) is 2.67. The second-order valence-electron chi connectivity index (χ2n) is 5.41. The van der Waals surface area contributed by atoms with Gasteiger partial charge in [-0.25, -0.2) is 9.18 Å². The van der Waals surface area contributed by atoms with E-state index in [1.807, 2.05) is 26.0 Å². The summed E-state index contributed by atoms with van der Waals surface area (Å²) < 4.78 is 18.3. The Hall–Kier alpha value is -2.69. The number of amides is 1. The number of esters is 1. The minimum atomic E-state index is -0.736. The van der Waals surface area contributed by atoms with Crippen molar-refractivity contribution < 1.29 is 18.7 Å². The van der Waals surface area contributed by atoms with E-state index in [4.69, 9.17) is 4.74 Å². The quantitative estimate of drug-likeness (QED) is 0.878. The fourth-order valence-electron chi connectivity index (χ4n) is 2.07. The molecule has 0 fully saturated rings. The second kappa shape index (κ2) is 7.05. The van der Waals surface area contributed by atoms with E-state index < -0.39 is 24.3 Å². The van der Waals surface area contributed by atoms with E-state index in [0.717, 1.165) is 17.2 Å². The molecule has 0 bridgehead atoms. The monoisotopic (exact) mass is 315 g/mol. The summed E-state index contributed by atoms with van der Waals surface area (Å²) in [6, 6.07) is 9.66. The number of carbonyl (C=O) groups is 2. The van der Waals surface area contributed by atoms with Crippen molar-refractivity contribution in [3.63, 3.8) is 0 Å². The van der Waals surface area contributed by atoms with Crippen LogP contribution in [0.3, 0.4) is 0 Å². The summed E-state index contributed by atoms with van der Waals surface area (Å²) in [7, 11) is 0. The molecule has 23 heavy (non-hydrogen) atoms. The Balaban J connectivity index is 1.93. The highest BCUT2D eigenvalue weighted by molar-refractivity contribution is 5.95. The highest BCUT2D eigenvalue weighted by atomic mass is 19.1. The Morgan fingerprint density at radius 1 is 1.04 bits per heavy atom. The van der Waals surface area contributed by atoms with E-state index in [2.05, 4.69) is 5.32 Å². The lowest BCUT2D eigenvalue weighted by Crippen LogP contribution is -2.21. The van der Waals surface area contributed by atoms with Gasteiger partial charge < -0.3 is 10.1 Å². The van der Waals surface area contributed by atoms with E-state index in [1.165, 1.54) is 12.1 Å². The molecule has 1 N–H and O–H groups in total. The number of aryl methyl sites for hydroxylation is 3. The van der Waals surface area contributed by atoms with Crippen LogP contribution in [0.5, 0.6) is 0 Å². The molecule has 0 spiro atoms. The van der Waals surface area contributed by atoms with Crippen molar-refractivity contribution in [2.24, 2.45) is 0 Å². The van der Waals surface area contributed by atoms with Crippen LogP contribution < -0.4 is 5.32 Å². The third-order valence-corrected chi connectivity index (χ3v) is 3.40. The zero-order valence-corrected chi connectivity index (χ0v) is 13.3. The van der Waals surface area contributed by atoms with Crippen LogP contribution in [0.2, 0.25) is 0 Å². The smallest absolute Gasteiger partial charge is 0.338 e. The van der Waals surface area contributed by atoms with Gasteiger partial charge in [-0.3, -0.25) is 4.79 Å². The van der Waals surface area contributed by atoms with Gasteiger partial charge in [0.15, 0.2) is 6.61 Å². The van der Waals surface area contributed by atoms with Crippen molar-refractivity contribution in [3.05, 3.63) is 64.5 Å². The fourth-order valence-corrected chi connectivity index (χ4v) is 2.07. The Morgan fingerprint density at radius 3 is 2.43 bits per heavy atom. The first-order chi connectivity index (χ1) is 10.9. The molecule has 4 nitrogen and oxygen atoms in total. The largest absolute Gasteiger partial charge is 0.452 e. The van der Waals surface area contributed by atoms with Crippen LogP contribution in [0.15, 0.2) is 36.4 Å². The second-order valence-corrected chi connectivity index (χ2v) is 5.41. The van der Waals surface area contributed by atoms with Crippen LogP contribution in [0.25, 0.3) is 0 Å². The van der Waals surface area contributed by atoms with E-state index in [9.17, 15) is 14.0 Å². The summed E-state index contributed by atoms with van der Waals surface area (Å²) >= 11 is 0. The SMILES string of the molecule is Cc1ccc(NC(=O)COC(=O)c2ccc(C)c(F)c2)c(C)c1. The first-order valence-electron chi connectivity index (χ1n) is 7.17. The summed E-state index contributed by atoms with van der Waals surface area (Å²) in [4.78, 5) is 23.7. The molecule has 0 radical (unpaired) electrons. The number of hydrogen-bond donors (Lipinski definition) is 1. The number of halogens is 1. The van der Waals surface area contributed by atoms with Gasteiger partial charge in [0.1, 0.15) is 5.82 Å². The zero-order valence-electron chi connectivity index (χ0n) is 13.3. The highest BCUT2D eigenvalue weighted by Gasteiger charge is 2.12. The van der Waals surface area contributed by atoms with Gasteiger partial charge in [0.05, 0.1) is 5.56 Å². The fraction of sp³-hybridized carbons (Fsp3) is 0.222. The number of rotatable bonds is 4. The molecule has 5 heteroatoms. The number of hydrogen-bond acceptors (Lipinski definition) is 3. The molecule has 2 aromatic carbocycles. The molecular weight excluding hydrogens is 297 g/mol. The number of ether oxygens (including phenoxy) is 1. The van der Waals surface area contributed by atoms with Crippen LogP contribution in [-0.4, -0.2) is 18.5 Å². The summed E-state index contributed by atoms with van der Waals surface area (Å²) in [5.74, 6) is -1.67. The Morgan fingerprint density at radius 2 is 1.78 bits per heavy atom. The molecule has 0 heterocycles. The van der Waals surface area contributed by atoms with Gasteiger partial charge in [-0.15, -0.1) is 0 Å². The molecule has 0 aromatic heterocycles. The van der Waals surface area contributed by atoms with Crippen LogP contribution in [0.4, 0.5) is 10.1 Å². The third-order valence-electron chi connectivity index (χ3n) is 3.40. The topological polar surface area (TPSA) is 55.4 Å². The standard InChI is InChI=1S/C18H18FNO3/c1-11-4-7-16(13(3)8-11)20-17(21)10-23-18(22)14-6-5-12(2)15(19)9-14/h4-9H,10H2,1-3H3,(H,20,21). The van der Waals surface area contributed by atoms with Crippen molar-refractivity contribution in [2.45, 2.75) is 20.8 Å². The van der Waals surface area contributed by atoms with Gasteiger partial charge in [-0.1, -0.05) is 23.8 Å². The first-order valence-corrected chi connectivity index (χ1v) is 7.17. The first kappa shape index (κ1) is 16.7. The highest BCUT2D eigenvalue weighted by Crippen LogP contribution is 2.16. The van der Waals surface area contributed by atoms with Crippen molar-refractivity contribution >= 4 is 17.6 Å². The van der Waals surface area contributed by atoms with Crippen molar-refractivity contribution in [3.8, 4) is 0 Å². The van der Waals surface area contributed by atoms with Gasteiger partial charge in [-0.2, -0.15) is 0 Å². The molecule has 120 valence electrons. The molecule has 0 atom stereocenters. The number of benzene rings is 2. The lowest BCUT2D eigenvalue weighted by Gasteiger charge is -2.10. The predicted octanol–water partition coefficient (Wildman–Crippen LogP) is 3.55. The lowest BCUT2D eigenvalue weighted by atomic mass is 10.1. The molecule has 1 amide bonds. The molecule has 0 aliphatic carbocycles. The number of anilines is 1. The molecule has 0 saturated carbocycles. The third kappa shape index (κ3) is 4.39. The van der Waals surface area contributed by atoms with Gasteiger partial charge in [0, 0.05) is 5.69 Å². The van der Waals surface area contributed by atoms with Gasteiger partial charge in [0.25, 0.3) is 5.91 Å². The number of nitrogens with one attached hydrogen (secondary N) is 1. The predicted molar refractivity (Wildman–Crippen MR) is 86.0 cm³/mol.